The van der Waals surface area contributed by atoms with Crippen molar-refractivity contribution in [3.63, 3.8) is 0 Å². The first kappa shape index (κ1) is 12.9. The Hall–Kier alpha value is -1.07. The van der Waals surface area contributed by atoms with Crippen molar-refractivity contribution in [2.45, 2.75) is 57.4 Å². The highest BCUT2D eigenvalue weighted by molar-refractivity contribution is 5.39. The molecule has 0 aromatic carbocycles. The Morgan fingerprint density at radius 2 is 2.32 bits per heavy atom. The number of anilines is 1. The lowest BCUT2D eigenvalue weighted by Crippen LogP contribution is -2.32. The zero-order valence-electron chi connectivity index (χ0n) is 11.5. The summed E-state index contributed by atoms with van der Waals surface area (Å²) in [5.74, 6) is 0. The molecule has 0 radical (unpaired) electrons. The molecule has 1 N–H and O–H groups in total. The van der Waals surface area contributed by atoms with Crippen molar-refractivity contribution in [3.05, 3.63) is 12.4 Å². The van der Waals surface area contributed by atoms with Gasteiger partial charge >= 0.3 is 0 Å². The maximum Gasteiger partial charge on any atom is 0.0771 e. The fourth-order valence-corrected chi connectivity index (χ4v) is 2.90. The number of nitrogens with one attached hydrogen (secondary N) is 1. The summed E-state index contributed by atoms with van der Waals surface area (Å²) in [6.45, 7) is 4.75. The highest BCUT2D eigenvalue weighted by atomic mass is 16.5. The average Bonchev–Trinajstić information content (AvgIpc) is 3.02. The minimum absolute atomic E-state index is 0.343. The molecule has 106 valence electrons. The van der Waals surface area contributed by atoms with Crippen molar-refractivity contribution < 1.29 is 9.47 Å². The Morgan fingerprint density at radius 1 is 1.37 bits per heavy atom. The number of hydrogen-bond acceptors (Lipinski definition) is 4. The van der Waals surface area contributed by atoms with Crippen LogP contribution in [0, 0.1) is 0 Å². The second kappa shape index (κ2) is 5.92. The number of rotatable bonds is 4. The lowest BCUT2D eigenvalue weighted by molar-refractivity contribution is 0.0232. The van der Waals surface area contributed by atoms with Gasteiger partial charge in [0.25, 0.3) is 0 Å². The van der Waals surface area contributed by atoms with Crippen molar-refractivity contribution in [2.24, 2.45) is 0 Å². The van der Waals surface area contributed by atoms with E-state index in [9.17, 15) is 0 Å². The van der Waals surface area contributed by atoms with Gasteiger partial charge in [-0.15, -0.1) is 0 Å². The van der Waals surface area contributed by atoms with Crippen LogP contribution < -0.4 is 5.32 Å². The van der Waals surface area contributed by atoms with Crippen LogP contribution in [0.3, 0.4) is 0 Å². The third kappa shape index (κ3) is 3.48. The lowest BCUT2D eigenvalue weighted by Gasteiger charge is -2.28. The van der Waals surface area contributed by atoms with E-state index in [1.165, 1.54) is 6.42 Å². The molecule has 2 fully saturated rings. The summed E-state index contributed by atoms with van der Waals surface area (Å²) in [6.07, 6.45) is 9.16. The van der Waals surface area contributed by atoms with Gasteiger partial charge < -0.3 is 14.8 Å². The van der Waals surface area contributed by atoms with Crippen LogP contribution in [0.5, 0.6) is 0 Å². The summed E-state index contributed by atoms with van der Waals surface area (Å²) in [5, 5.41) is 7.96. The van der Waals surface area contributed by atoms with E-state index < -0.39 is 0 Å². The van der Waals surface area contributed by atoms with Crippen molar-refractivity contribution in [1.29, 1.82) is 0 Å². The van der Waals surface area contributed by atoms with Crippen molar-refractivity contribution in [3.8, 4) is 0 Å². The first-order chi connectivity index (χ1) is 9.29. The minimum atomic E-state index is 0.343. The molecule has 3 heterocycles. The van der Waals surface area contributed by atoms with Gasteiger partial charge in [0, 0.05) is 25.5 Å². The Morgan fingerprint density at radius 3 is 3.11 bits per heavy atom. The summed E-state index contributed by atoms with van der Waals surface area (Å²) < 4.78 is 13.2. The fourth-order valence-electron chi connectivity index (χ4n) is 2.90. The molecule has 3 rings (SSSR count). The molecule has 2 aliphatic heterocycles. The van der Waals surface area contributed by atoms with Crippen LogP contribution in [-0.4, -0.2) is 41.2 Å². The Balaban J connectivity index is 1.52. The van der Waals surface area contributed by atoms with Gasteiger partial charge in [-0.1, -0.05) is 0 Å². The van der Waals surface area contributed by atoms with Gasteiger partial charge in [0.05, 0.1) is 30.6 Å². The molecule has 0 bridgehead atoms. The maximum atomic E-state index is 5.63. The van der Waals surface area contributed by atoms with E-state index in [0.29, 0.717) is 18.2 Å². The number of aromatic nitrogens is 2. The van der Waals surface area contributed by atoms with Crippen LogP contribution in [0.25, 0.3) is 0 Å². The molecule has 0 aliphatic carbocycles. The molecule has 5 nitrogen and oxygen atoms in total. The average molecular weight is 265 g/mol. The topological polar surface area (TPSA) is 48.3 Å². The SMILES string of the molecule is CC1CC(Nc2cnn(CC3CCCO3)c2)CCO1. The highest BCUT2D eigenvalue weighted by Gasteiger charge is 2.20. The van der Waals surface area contributed by atoms with Crippen LogP contribution >= 0.6 is 0 Å². The quantitative estimate of drug-likeness (QED) is 0.905. The second-order valence-electron chi connectivity index (χ2n) is 5.63. The molecule has 1 aromatic rings. The fraction of sp³-hybridized carbons (Fsp3) is 0.786. The van der Waals surface area contributed by atoms with Crippen molar-refractivity contribution in [2.75, 3.05) is 18.5 Å². The highest BCUT2D eigenvalue weighted by Crippen LogP contribution is 2.19. The van der Waals surface area contributed by atoms with Gasteiger partial charge in [0.1, 0.15) is 0 Å². The summed E-state index contributed by atoms with van der Waals surface area (Å²) in [5.41, 5.74) is 1.11. The van der Waals surface area contributed by atoms with E-state index in [1.807, 2.05) is 10.9 Å². The monoisotopic (exact) mass is 265 g/mol. The predicted molar refractivity (Wildman–Crippen MR) is 73.3 cm³/mol. The summed E-state index contributed by atoms with van der Waals surface area (Å²) in [6, 6.07) is 0.504. The zero-order valence-corrected chi connectivity index (χ0v) is 11.5. The summed E-state index contributed by atoms with van der Waals surface area (Å²) >= 11 is 0. The molecule has 1 aromatic heterocycles. The van der Waals surface area contributed by atoms with Gasteiger partial charge in [0.15, 0.2) is 0 Å². The van der Waals surface area contributed by atoms with Crippen LogP contribution in [0.1, 0.15) is 32.6 Å². The van der Waals surface area contributed by atoms with Gasteiger partial charge in [0.2, 0.25) is 0 Å². The second-order valence-corrected chi connectivity index (χ2v) is 5.63. The normalized spacial score (nSPS) is 31.5. The van der Waals surface area contributed by atoms with E-state index in [1.54, 1.807) is 0 Å². The van der Waals surface area contributed by atoms with Crippen LogP contribution in [-0.2, 0) is 16.0 Å². The van der Waals surface area contributed by atoms with Gasteiger partial charge in [-0.25, -0.2) is 0 Å². The number of ether oxygens (including phenoxy) is 2. The van der Waals surface area contributed by atoms with Crippen LogP contribution in [0.2, 0.25) is 0 Å². The third-order valence-electron chi connectivity index (χ3n) is 3.90. The van der Waals surface area contributed by atoms with Crippen molar-refractivity contribution in [1.82, 2.24) is 9.78 Å². The summed E-state index contributed by atoms with van der Waals surface area (Å²) in [7, 11) is 0. The van der Waals surface area contributed by atoms with E-state index >= 15 is 0 Å². The largest absolute Gasteiger partial charge is 0.380 e. The predicted octanol–water partition coefficient (Wildman–Crippen LogP) is 2.04. The first-order valence-electron chi connectivity index (χ1n) is 7.32. The molecular formula is C14H23N3O2. The number of nitrogens with zero attached hydrogens (tertiary/aromatic N) is 2. The number of hydrogen-bond donors (Lipinski definition) is 1. The molecule has 5 heteroatoms. The maximum absolute atomic E-state index is 5.63. The zero-order chi connectivity index (χ0) is 13.1. The Labute approximate surface area is 114 Å². The smallest absolute Gasteiger partial charge is 0.0771 e. The van der Waals surface area contributed by atoms with Gasteiger partial charge in [-0.05, 0) is 32.6 Å². The van der Waals surface area contributed by atoms with E-state index in [-0.39, 0.29) is 0 Å². The molecule has 0 saturated carbocycles. The van der Waals surface area contributed by atoms with E-state index in [0.717, 1.165) is 44.7 Å². The van der Waals surface area contributed by atoms with E-state index in [4.69, 9.17) is 9.47 Å². The standard InChI is InChI=1S/C14H23N3O2/c1-11-7-12(4-6-18-11)16-13-8-15-17(9-13)10-14-3-2-5-19-14/h8-9,11-12,14,16H,2-7,10H2,1H3. The molecule has 2 aliphatic rings. The molecule has 2 saturated heterocycles. The van der Waals surface area contributed by atoms with Gasteiger partial charge in [-0.3, -0.25) is 4.68 Å². The third-order valence-corrected chi connectivity index (χ3v) is 3.90. The summed E-state index contributed by atoms with van der Waals surface area (Å²) in [4.78, 5) is 0. The van der Waals surface area contributed by atoms with Gasteiger partial charge in [-0.2, -0.15) is 5.10 Å². The minimum Gasteiger partial charge on any atom is -0.380 e. The van der Waals surface area contributed by atoms with Crippen molar-refractivity contribution >= 4 is 5.69 Å². The van der Waals surface area contributed by atoms with Crippen LogP contribution in [0.15, 0.2) is 12.4 Å². The van der Waals surface area contributed by atoms with E-state index in [2.05, 4.69) is 23.5 Å². The molecule has 3 unspecified atom stereocenters. The van der Waals surface area contributed by atoms with Crippen LogP contribution in [0.4, 0.5) is 5.69 Å². The molecule has 0 spiro atoms. The lowest BCUT2D eigenvalue weighted by atomic mass is 10.0. The Bertz CT molecular complexity index is 401. The first-order valence-corrected chi connectivity index (χ1v) is 7.32. The molecule has 0 amide bonds. The molecule has 3 atom stereocenters. The molecular weight excluding hydrogens is 242 g/mol. The Kier molecular flexibility index (Phi) is 4.03. The molecule has 19 heavy (non-hydrogen) atoms.